The zero-order valence-corrected chi connectivity index (χ0v) is 9.85. The lowest BCUT2D eigenvalue weighted by molar-refractivity contribution is 0.0413. The van der Waals surface area contributed by atoms with E-state index in [2.05, 4.69) is 18.9 Å². The molecule has 4 heteroatoms. The van der Waals surface area contributed by atoms with Crippen LogP contribution in [0.5, 0.6) is 0 Å². The molecule has 0 bridgehead atoms. The minimum Gasteiger partial charge on any atom is -0.393 e. The molecule has 0 aliphatic carbocycles. The summed E-state index contributed by atoms with van der Waals surface area (Å²) in [5, 5.41) is 0. The summed E-state index contributed by atoms with van der Waals surface area (Å²) in [7, 11) is 2.14. The molecule has 1 heterocycles. The molecule has 1 aliphatic heterocycles. The molecule has 1 atom stereocenters. The number of hydrogen-bond acceptors (Lipinski definition) is 3. The van der Waals surface area contributed by atoms with E-state index < -0.39 is 0 Å². The Labute approximate surface area is 91.6 Å². The second kappa shape index (κ2) is 5.63. The standard InChI is InChI=1S/C10H20N2OS/c1-8(10(11)14)7-12(2)9-3-5-13-6-4-9/h8-9H,3-7H2,1-2H3,(H2,11,14). The lowest BCUT2D eigenvalue weighted by atomic mass is 10.1. The molecule has 1 fully saturated rings. The lowest BCUT2D eigenvalue weighted by Crippen LogP contribution is -2.41. The van der Waals surface area contributed by atoms with Crippen molar-refractivity contribution < 1.29 is 4.74 Å². The molecule has 1 aliphatic rings. The second-order valence-electron chi connectivity index (χ2n) is 4.09. The first-order valence-corrected chi connectivity index (χ1v) is 5.59. The maximum absolute atomic E-state index is 5.59. The molecule has 0 spiro atoms. The molecule has 0 aromatic carbocycles. The van der Waals surface area contributed by atoms with Gasteiger partial charge in [0.15, 0.2) is 0 Å². The second-order valence-corrected chi connectivity index (χ2v) is 4.56. The third kappa shape index (κ3) is 3.52. The summed E-state index contributed by atoms with van der Waals surface area (Å²) in [6, 6.07) is 0.639. The fourth-order valence-electron chi connectivity index (χ4n) is 1.80. The predicted molar refractivity (Wildman–Crippen MR) is 62.4 cm³/mol. The van der Waals surface area contributed by atoms with E-state index in [1.54, 1.807) is 0 Å². The Bertz CT molecular complexity index is 193. The Hall–Kier alpha value is -0.190. The molecule has 14 heavy (non-hydrogen) atoms. The highest BCUT2D eigenvalue weighted by molar-refractivity contribution is 7.80. The van der Waals surface area contributed by atoms with E-state index in [0.29, 0.717) is 16.9 Å². The van der Waals surface area contributed by atoms with E-state index in [4.69, 9.17) is 22.7 Å². The van der Waals surface area contributed by atoms with Crippen molar-refractivity contribution in [3.8, 4) is 0 Å². The van der Waals surface area contributed by atoms with Gasteiger partial charge < -0.3 is 15.4 Å². The number of ether oxygens (including phenoxy) is 1. The average molecular weight is 216 g/mol. The summed E-state index contributed by atoms with van der Waals surface area (Å²) >= 11 is 4.96. The zero-order chi connectivity index (χ0) is 10.6. The lowest BCUT2D eigenvalue weighted by Gasteiger charge is -2.32. The van der Waals surface area contributed by atoms with Gasteiger partial charge in [0.2, 0.25) is 0 Å². The largest absolute Gasteiger partial charge is 0.393 e. The molecule has 0 aromatic rings. The first kappa shape index (κ1) is 11.9. The van der Waals surface area contributed by atoms with Gasteiger partial charge in [-0.1, -0.05) is 19.1 Å². The van der Waals surface area contributed by atoms with Crippen LogP contribution in [0.25, 0.3) is 0 Å². The zero-order valence-electron chi connectivity index (χ0n) is 9.03. The number of nitrogens with two attached hydrogens (primary N) is 1. The van der Waals surface area contributed by atoms with Crippen LogP contribution in [0.3, 0.4) is 0 Å². The monoisotopic (exact) mass is 216 g/mol. The summed E-state index contributed by atoms with van der Waals surface area (Å²) < 4.78 is 5.33. The van der Waals surface area contributed by atoms with E-state index in [0.717, 1.165) is 32.6 Å². The van der Waals surface area contributed by atoms with E-state index in [9.17, 15) is 0 Å². The van der Waals surface area contributed by atoms with Gasteiger partial charge in [-0.2, -0.15) is 0 Å². The molecule has 0 aromatic heterocycles. The van der Waals surface area contributed by atoms with E-state index in [-0.39, 0.29) is 0 Å². The summed E-state index contributed by atoms with van der Waals surface area (Å²) in [6.45, 7) is 4.81. The Morgan fingerprint density at radius 3 is 2.64 bits per heavy atom. The Morgan fingerprint density at radius 1 is 1.57 bits per heavy atom. The van der Waals surface area contributed by atoms with Crippen molar-refractivity contribution in [2.75, 3.05) is 26.8 Å². The highest BCUT2D eigenvalue weighted by Crippen LogP contribution is 2.14. The maximum atomic E-state index is 5.59. The quantitative estimate of drug-likeness (QED) is 0.712. The van der Waals surface area contributed by atoms with Gasteiger partial charge in [-0.3, -0.25) is 0 Å². The fourth-order valence-corrected chi connectivity index (χ4v) is 1.87. The molecule has 1 unspecified atom stereocenters. The number of rotatable bonds is 4. The van der Waals surface area contributed by atoms with E-state index >= 15 is 0 Å². The van der Waals surface area contributed by atoms with Crippen LogP contribution in [0.4, 0.5) is 0 Å². The highest BCUT2D eigenvalue weighted by Gasteiger charge is 2.20. The predicted octanol–water partition coefficient (Wildman–Crippen LogP) is 1.02. The topological polar surface area (TPSA) is 38.5 Å². The first-order valence-electron chi connectivity index (χ1n) is 5.18. The van der Waals surface area contributed by atoms with Gasteiger partial charge in [0.05, 0.1) is 4.99 Å². The molecule has 0 amide bonds. The normalized spacial score (nSPS) is 21.1. The van der Waals surface area contributed by atoms with Gasteiger partial charge in [0, 0.05) is 31.7 Å². The number of hydrogen-bond donors (Lipinski definition) is 1. The van der Waals surface area contributed by atoms with Crippen molar-refractivity contribution in [2.24, 2.45) is 11.7 Å². The van der Waals surface area contributed by atoms with Gasteiger partial charge in [-0.05, 0) is 19.9 Å². The minimum absolute atomic E-state index is 0.304. The summed E-state index contributed by atoms with van der Waals surface area (Å²) in [5.41, 5.74) is 5.59. The highest BCUT2D eigenvalue weighted by atomic mass is 32.1. The Balaban J connectivity index is 2.32. The molecule has 3 nitrogen and oxygen atoms in total. The summed E-state index contributed by atoms with van der Waals surface area (Å²) in [4.78, 5) is 2.97. The Kier molecular flexibility index (Phi) is 4.78. The fraction of sp³-hybridized carbons (Fsp3) is 0.900. The molecule has 2 N–H and O–H groups in total. The summed E-state index contributed by atoms with van der Waals surface area (Å²) in [6.07, 6.45) is 2.25. The van der Waals surface area contributed by atoms with Crippen LogP contribution >= 0.6 is 12.2 Å². The maximum Gasteiger partial charge on any atom is 0.0768 e. The third-order valence-corrected chi connectivity index (χ3v) is 3.26. The van der Waals surface area contributed by atoms with Gasteiger partial charge in [0.25, 0.3) is 0 Å². The van der Waals surface area contributed by atoms with Crippen molar-refractivity contribution >= 4 is 17.2 Å². The van der Waals surface area contributed by atoms with Crippen LogP contribution in [0, 0.1) is 5.92 Å². The van der Waals surface area contributed by atoms with Gasteiger partial charge in [-0.25, -0.2) is 0 Å². The van der Waals surface area contributed by atoms with E-state index in [1.807, 2.05) is 0 Å². The van der Waals surface area contributed by atoms with Crippen molar-refractivity contribution in [2.45, 2.75) is 25.8 Å². The molecular weight excluding hydrogens is 196 g/mol. The van der Waals surface area contributed by atoms with Gasteiger partial charge in [-0.15, -0.1) is 0 Å². The van der Waals surface area contributed by atoms with Crippen LogP contribution < -0.4 is 5.73 Å². The van der Waals surface area contributed by atoms with Crippen LogP contribution in [0.1, 0.15) is 19.8 Å². The molecule has 0 radical (unpaired) electrons. The van der Waals surface area contributed by atoms with Crippen molar-refractivity contribution in [3.05, 3.63) is 0 Å². The average Bonchev–Trinajstić information content (AvgIpc) is 2.19. The SMILES string of the molecule is CC(CN(C)C1CCOCC1)C(N)=S. The number of nitrogens with zero attached hydrogens (tertiary/aromatic N) is 1. The minimum atomic E-state index is 0.304. The first-order chi connectivity index (χ1) is 6.61. The molecular formula is C10H20N2OS. The smallest absolute Gasteiger partial charge is 0.0768 e. The molecule has 1 rings (SSSR count). The Morgan fingerprint density at radius 2 is 2.14 bits per heavy atom. The van der Waals surface area contributed by atoms with Gasteiger partial charge in [0.1, 0.15) is 0 Å². The molecule has 82 valence electrons. The van der Waals surface area contributed by atoms with Gasteiger partial charge >= 0.3 is 0 Å². The van der Waals surface area contributed by atoms with E-state index in [1.165, 1.54) is 0 Å². The third-order valence-electron chi connectivity index (χ3n) is 2.86. The number of thiocarbonyl (C=S) groups is 1. The van der Waals surface area contributed by atoms with Crippen molar-refractivity contribution in [1.82, 2.24) is 4.90 Å². The summed E-state index contributed by atoms with van der Waals surface area (Å²) in [5.74, 6) is 0.304. The van der Waals surface area contributed by atoms with Crippen molar-refractivity contribution in [3.63, 3.8) is 0 Å². The van der Waals surface area contributed by atoms with Crippen LogP contribution in [-0.2, 0) is 4.74 Å². The molecule has 1 saturated heterocycles. The van der Waals surface area contributed by atoms with Crippen molar-refractivity contribution in [1.29, 1.82) is 0 Å². The van der Waals surface area contributed by atoms with Crippen LogP contribution in [-0.4, -0.2) is 42.7 Å². The van der Waals surface area contributed by atoms with Crippen LogP contribution in [0.2, 0.25) is 0 Å². The molecule has 0 saturated carbocycles. The van der Waals surface area contributed by atoms with Crippen LogP contribution in [0.15, 0.2) is 0 Å².